The van der Waals surface area contributed by atoms with Crippen molar-refractivity contribution in [2.75, 3.05) is 12.0 Å². The van der Waals surface area contributed by atoms with Crippen molar-refractivity contribution in [2.45, 2.75) is 25.5 Å². The van der Waals surface area contributed by atoms with Crippen LogP contribution in [0.3, 0.4) is 0 Å². The van der Waals surface area contributed by atoms with Crippen LogP contribution < -0.4 is 14.4 Å². The molecule has 2 aliphatic heterocycles. The summed E-state index contributed by atoms with van der Waals surface area (Å²) in [6, 6.07) is 16.7. The predicted molar refractivity (Wildman–Crippen MR) is 143 cm³/mol. The average molecular weight is 533 g/mol. The number of carbonyl (C=O) groups excluding carboxylic acids is 2. The van der Waals surface area contributed by atoms with Crippen molar-refractivity contribution in [1.29, 1.82) is 0 Å². The fourth-order valence-electron chi connectivity index (χ4n) is 4.87. The maximum Gasteiger partial charge on any atom is 0.301 e. The molecule has 1 saturated heterocycles. The average Bonchev–Trinajstić information content (AvgIpc) is 3.55. The van der Waals surface area contributed by atoms with Crippen LogP contribution in [0.2, 0.25) is 5.02 Å². The lowest BCUT2D eigenvalue weighted by molar-refractivity contribution is -0.132. The van der Waals surface area contributed by atoms with Gasteiger partial charge in [0.25, 0.3) is 5.78 Å². The number of amides is 1. The molecule has 0 saturated carbocycles. The van der Waals surface area contributed by atoms with Crippen molar-refractivity contribution in [3.05, 3.63) is 87.9 Å². The highest BCUT2D eigenvalue weighted by Gasteiger charge is 2.48. The second-order valence-corrected chi connectivity index (χ2v) is 10.5. The summed E-state index contributed by atoms with van der Waals surface area (Å²) in [6.45, 7) is 1.97. The van der Waals surface area contributed by atoms with E-state index in [0.717, 1.165) is 16.0 Å². The number of ether oxygens (including phenoxy) is 2. The van der Waals surface area contributed by atoms with Crippen molar-refractivity contribution in [1.82, 2.24) is 4.98 Å². The number of thiazole rings is 1. The third-order valence-corrected chi connectivity index (χ3v) is 7.82. The molecule has 6 rings (SSSR count). The number of methoxy groups -OCH3 is 1. The minimum atomic E-state index is -0.908. The van der Waals surface area contributed by atoms with Crippen LogP contribution in [0.15, 0.2) is 66.2 Å². The first-order valence-electron chi connectivity index (χ1n) is 11.6. The molecule has 0 spiro atoms. The molecule has 1 amide bonds. The number of anilines is 1. The lowest BCUT2D eigenvalue weighted by atomic mass is 9.94. The summed E-state index contributed by atoms with van der Waals surface area (Å²) in [5, 5.41) is 12.4. The first-order valence-corrected chi connectivity index (χ1v) is 12.8. The topological polar surface area (TPSA) is 89.0 Å². The van der Waals surface area contributed by atoms with Crippen LogP contribution in [-0.4, -0.2) is 35.0 Å². The van der Waals surface area contributed by atoms with Gasteiger partial charge in [0, 0.05) is 17.0 Å². The summed E-state index contributed by atoms with van der Waals surface area (Å²) in [7, 11) is 1.54. The van der Waals surface area contributed by atoms with Gasteiger partial charge in [-0.05, 0) is 66.6 Å². The number of aromatic nitrogens is 1. The number of aliphatic hydroxyl groups excluding tert-OH is 1. The van der Waals surface area contributed by atoms with E-state index in [2.05, 4.69) is 4.98 Å². The molecule has 0 aliphatic carbocycles. The highest BCUT2D eigenvalue weighted by atomic mass is 35.5. The number of ketones is 1. The van der Waals surface area contributed by atoms with Crippen molar-refractivity contribution < 1.29 is 24.2 Å². The molecular weight excluding hydrogens is 512 g/mol. The fraction of sp³-hybridized carbons (Fsp3) is 0.179. The third-order valence-electron chi connectivity index (χ3n) is 6.57. The molecule has 0 bridgehead atoms. The van der Waals surface area contributed by atoms with Crippen molar-refractivity contribution >= 4 is 55.7 Å². The Morgan fingerprint density at radius 3 is 2.81 bits per heavy atom. The molecule has 2 atom stereocenters. The molecule has 1 N–H and O–H groups in total. The maximum atomic E-state index is 13.5. The smallest absolute Gasteiger partial charge is 0.301 e. The Morgan fingerprint density at radius 2 is 2.00 bits per heavy atom. The summed E-state index contributed by atoms with van der Waals surface area (Å²) < 4.78 is 12.0. The van der Waals surface area contributed by atoms with Gasteiger partial charge >= 0.3 is 5.91 Å². The number of rotatable bonds is 4. The maximum absolute atomic E-state index is 13.5. The molecule has 0 radical (unpaired) electrons. The second kappa shape index (κ2) is 8.90. The number of nitrogens with zero attached hydrogens (tertiary/aromatic N) is 2. The number of halogens is 1. The van der Waals surface area contributed by atoms with Gasteiger partial charge in [-0.2, -0.15) is 0 Å². The van der Waals surface area contributed by atoms with E-state index in [1.165, 1.54) is 16.2 Å². The van der Waals surface area contributed by atoms with Crippen LogP contribution in [0, 0.1) is 0 Å². The first-order chi connectivity index (χ1) is 17.8. The molecule has 4 aromatic rings. The number of benzene rings is 3. The van der Waals surface area contributed by atoms with Crippen LogP contribution in [0.4, 0.5) is 5.13 Å². The Labute approximate surface area is 221 Å². The van der Waals surface area contributed by atoms with Gasteiger partial charge in [-0.15, -0.1) is 0 Å². The number of hydrogen-bond donors (Lipinski definition) is 1. The molecule has 1 fully saturated rings. The van der Waals surface area contributed by atoms with Gasteiger partial charge < -0.3 is 14.6 Å². The SMILES string of the molecule is COc1cccc([C@H]2C(=C(O)c3ccc4c(c3)C[C@H](C)O4)C(=O)C(=O)N2c2nc3ccc(Cl)cc3s2)c1. The molecule has 186 valence electrons. The van der Waals surface area contributed by atoms with Gasteiger partial charge in [-0.25, -0.2) is 4.98 Å². The summed E-state index contributed by atoms with van der Waals surface area (Å²) in [4.78, 5) is 32.9. The fourth-order valence-corrected chi connectivity index (χ4v) is 6.14. The Bertz CT molecular complexity index is 1630. The summed E-state index contributed by atoms with van der Waals surface area (Å²) in [5.74, 6) is -0.490. The van der Waals surface area contributed by atoms with Gasteiger partial charge in [0.2, 0.25) is 0 Å². The van der Waals surface area contributed by atoms with Crippen molar-refractivity contribution in [3.8, 4) is 11.5 Å². The lowest BCUT2D eigenvalue weighted by Gasteiger charge is -2.23. The minimum Gasteiger partial charge on any atom is -0.507 e. The van der Waals surface area contributed by atoms with Gasteiger partial charge in [-0.3, -0.25) is 14.5 Å². The second-order valence-electron chi connectivity index (χ2n) is 9.01. The van der Waals surface area contributed by atoms with Crippen LogP contribution in [0.1, 0.15) is 29.7 Å². The molecule has 2 aliphatic rings. The minimum absolute atomic E-state index is 0.0116. The Hall–Kier alpha value is -3.88. The largest absolute Gasteiger partial charge is 0.507 e. The van der Waals surface area contributed by atoms with Crippen LogP contribution in [-0.2, 0) is 16.0 Å². The number of hydrogen-bond acceptors (Lipinski definition) is 7. The summed E-state index contributed by atoms with van der Waals surface area (Å²) in [6.07, 6.45) is 0.723. The molecule has 1 aromatic heterocycles. The summed E-state index contributed by atoms with van der Waals surface area (Å²) in [5.41, 5.74) is 2.63. The first kappa shape index (κ1) is 23.5. The third kappa shape index (κ3) is 3.93. The number of Topliss-reactive ketones (excluding diaryl/α,β-unsaturated/α-hetero) is 1. The van der Waals surface area contributed by atoms with E-state index in [1.54, 1.807) is 61.7 Å². The summed E-state index contributed by atoms with van der Waals surface area (Å²) >= 11 is 7.41. The zero-order valence-electron chi connectivity index (χ0n) is 19.9. The van der Waals surface area contributed by atoms with Crippen LogP contribution in [0.25, 0.3) is 16.0 Å². The molecule has 37 heavy (non-hydrogen) atoms. The van der Waals surface area contributed by atoms with E-state index < -0.39 is 17.7 Å². The lowest BCUT2D eigenvalue weighted by Crippen LogP contribution is -2.29. The standard InChI is InChI=1S/C28H21ClN2O5S/c1-14-10-17-11-16(6-9-21(17)36-14)25(32)23-24(15-4-3-5-19(12-15)35-2)31(27(34)26(23)33)28-30-20-8-7-18(29)13-22(20)37-28/h3-9,11-14,24,32H,10H2,1-2H3/t14-,24-/m0/s1. The highest BCUT2D eigenvalue weighted by Crippen LogP contribution is 2.45. The Morgan fingerprint density at radius 1 is 1.16 bits per heavy atom. The zero-order valence-corrected chi connectivity index (χ0v) is 21.5. The van der Waals surface area contributed by atoms with E-state index >= 15 is 0 Å². The molecule has 7 nitrogen and oxygen atoms in total. The van der Waals surface area contributed by atoms with Crippen LogP contribution >= 0.6 is 22.9 Å². The molecule has 3 heterocycles. The highest BCUT2D eigenvalue weighted by molar-refractivity contribution is 7.22. The monoisotopic (exact) mass is 532 g/mol. The van der Waals surface area contributed by atoms with E-state index in [-0.39, 0.29) is 17.4 Å². The molecule has 0 unspecified atom stereocenters. The van der Waals surface area contributed by atoms with E-state index in [0.29, 0.717) is 39.0 Å². The quantitative estimate of drug-likeness (QED) is 0.200. The molecular formula is C28H21ClN2O5S. The van der Waals surface area contributed by atoms with Crippen molar-refractivity contribution in [3.63, 3.8) is 0 Å². The van der Waals surface area contributed by atoms with Crippen molar-refractivity contribution in [2.24, 2.45) is 0 Å². The van der Waals surface area contributed by atoms with E-state index in [1.807, 2.05) is 13.0 Å². The predicted octanol–water partition coefficient (Wildman–Crippen LogP) is 5.91. The normalized spacial score (nSPS) is 20.4. The van der Waals surface area contributed by atoms with Gasteiger partial charge in [0.05, 0.1) is 28.9 Å². The van der Waals surface area contributed by atoms with Gasteiger partial charge in [-0.1, -0.05) is 35.1 Å². The van der Waals surface area contributed by atoms with Gasteiger partial charge in [0.1, 0.15) is 23.4 Å². The van der Waals surface area contributed by atoms with E-state index in [9.17, 15) is 14.7 Å². The molecule has 9 heteroatoms. The number of fused-ring (bicyclic) bond motifs is 2. The molecule has 3 aromatic carbocycles. The zero-order chi connectivity index (χ0) is 25.8. The number of aliphatic hydroxyl groups is 1. The van der Waals surface area contributed by atoms with Gasteiger partial charge in [0.15, 0.2) is 5.13 Å². The Balaban J connectivity index is 1.54. The van der Waals surface area contributed by atoms with E-state index in [4.69, 9.17) is 21.1 Å². The van der Waals surface area contributed by atoms with Crippen LogP contribution in [0.5, 0.6) is 11.5 Å². The Kier molecular flexibility index (Phi) is 5.66. The number of carbonyl (C=O) groups is 2.